The van der Waals surface area contributed by atoms with Crippen LogP contribution in [0.2, 0.25) is 0 Å². The molecule has 2 heterocycles. The summed E-state index contributed by atoms with van der Waals surface area (Å²) in [5, 5.41) is 7.20. The summed E-state index contributed by atoms with van der Waals surface area (Å²) in [6, 6.07) is 15.0. The number of unbranched alkanes of at least 4 members (excludes halogenated alkanes) is 1. The number of benzene rings is 1. The van der Waals surface area contributed by atoms with E-state index in [0.717, 1.165) is 82.0 Å². The summed E-state index contributed by atoms with van der Waals surface area (Å²) in [5.74, 6) is 2.14. The highest BCUT2D eigenvalue weighted by Crippen LogP contribution is 2.21. The first kappa shape index (κ1) is 30.0. The Morgan fingerprint density at radius 2 is 1.92 bits per heavy atom. The molecule has 2 N–H and O–H groups in total. The van der Waals surface area contributed by atoms with Gasteiger partial charge >= 0.3 is 0 Å². The zero-order valence-corrected chi connectivity index (χ0v) is 24.3. The van der Waals surface area contributed by atoms with Crippen LogP contribution in [0.3, 0.4) is 0 Å². The fourth-order valence-electron chi connectivity index (χ4n) is 4.96. The number of nitrogens with one attached hydrogen (secondary N) is 2. The highest BCUT2D eigenvalue weighted by Gasteiger charge is 2.20. The maximum absolute atomic E-state index is 6.29. The molecule has 3 rings (SSSR count). The Hall–Kier alpha value is -2.57. The molecule has 6 heteroatoms. The van der Waals surface area contributed by atoms with Crippen LogP contribution < -0.4 is 10.6 Å². The van der Waals surface area contributed by atoms with Gasteiger partial charge in [-0.1, -0.05) is 31.2 Å². The summed E-state index contributed by atoms with van der Waals surface area (Å²) >= 11 is 0. The third-order valence-electron chi connectivity index (χ3n) is 7.00. The number of pyridine rings is 1. The van der Waals surface area contributed by atoms with Crippen molar-refractivity contribution in [2.24, 2.45) is 0 Å². The lowest BCUT2D eigenvalue weighted by Crippen LogP contribution is -2.37. The number of anilines is 2. The van der Waals surface area contributed by atoms with Gasteiger partial charge in [0.1, 0.15) is 11.6 Å². The molecule has 6 nitrogen and oxygen atoms in total. The monoisotopic (exact) mass is 522 g/mol. The van der Waals surface area contributed by atoms with Crippen LogP contribution in [0.25, 0.3) is 0 Å². The fraction of sp³-hybridized carbons (Fsp3) is 0.594. The molecule has 1 aromatic carbocycles. The second-order valence-electron chi connectivity index (χ2n) is 10.7. The van der Waals surface area contributed by atoms with E-state index in [-0.39, 0.29) is 18.2 Å². The molecule has 0 bridgehead atoms. The van der Waals surface area contributed by atoms with E-state index in [2.05, 4.69) is 91.8 Å². The quantitative estimate of drug-likeness (QED) is 0.178. The predicted molar refractivity (Wildman–Crippen MR) is 160 cm³/mol. The predicted octanol–water partition coefficient (Wildman–Crippen LogP) is 6.69. The minimum atomic E-state index is 0.118. The molecule has 1 unspecified atom stereocenters. The van der Waals surface area contributed by atoms with Crippen LogP contribution in [-0.4, -0.2) is 61.4 Å². The van der Waals surface area contributed by atoms with Gasteiger partial charge in [-0.15, -0.1) is 0 Å². The first-order valence-corrected chi connectivity index (χ1v) is 14.6. The number of rotatable bonds is 17. The highest BCUT2D eigenvalue weighted by atomic mass is 16.5. The van der Waals surface area contributed by atoms with Gasteiger partial charge in [0.15, 0.2) is 0 Å². The molecule has 0 amide bonds. The van der Waals surface area contributed by atoms with Crippen LogP contribution in [0.15, 0.2) is 54.3 Å². The summed E-state index contributed by atoms with van der Waals surface area (Å²) in [4.78, 5) is 7.43. The van der Waals surface area contributed by atoms with Gasteiger partial charge in [0.05, 0.1) is 18.2 Å². The van der Waals surface area contributed by atoms with Crippen LogP contribution in [-0.2, 0) is 22.3 Å². The van der Waals surface area contributed by atoms with Crippen LogP contribution in [0.5, 0.6) is 0 Å². The minimum absolute atomic E-state index is 0.118. The number of hydrogen-bond donors (Lipinski definition) is 2. The van der Waals surface area contributed by atoms with Crippen molar-refractivity contribution in [1.29, 1.82) is 0 Å². The average molecular weight is 523 g/mol. The zero-order chi connectivity index (χ0) is 27.2. The SMILES string of the molecule is CC/C=C(/OC(C)C)C(CCN(CCCCc1ccc2c(n1)NCCC2)C[C@@H](C)OC)Nc1ccccc1. The molecule has 0 radical (unpaired) electrons. The number of ether oxygens (including phenoxy) is 2. The number of nitrogens with zero attached hydrogens (tertiary/aromatic N) is 2. The summed E-state index contributed by atoms with van der Waals surface area (Å²) < 4.78 is 11.9. The van der Waals surface area contributed by atoms with Crippen molar-refractivity contribution in [3.8, 4) is 0 Å². The van der Waals surface area contributed by atoms with Crippen LogP contribution >= 0.6 is 0 Å². The number of aromatic nitrogens is 1. The summed E-state index contributed by atoms with van der Waals surface area (Å²) in [6.45, 7) is 12.5. The molecule has 1 aromatic heterocycles. The molecular formula is C32H50N4O2. The van der Waals surface area contributed by atoms with Gasteiger partial charge in [0.2, 0.25) is 0 Å². The Morgan fingerprint density at radius 1 is 1.11 bits per heavy atom. The van der Waals surface area contributed by atoms with Crippen molar-refractivity contribution >= 4 is 11.5 Å². The van der Waals surface area contributed by atoms with Gasteiger partial charge in [0, 0.05) is 38.1 Å². The van der Waals surface area contributed by atoms with Gasteiger partial charge in [-0.3, -0.25) is 0 Å². The van der Waals surface area contributed by atoms with Gasteiger partial charge in [-0.25, -0.2) is 4.98 Å². The lowest BCUT2D eigenvalue weighted by atomic mass is 10.1. The summed E-state index contributed by atoms with van der Waals surface area (Å²) in [7, 11) is 1.80. The maximum Gasteiger partial charge on any atom is 0.129 e. The Morgan fingerprint density at radius 3 is 2.66 bits per heavy atom. The number of allylic oxidation sites excluding steroid dienone is 1. The largest absolute Gasteiger partial charge is 0.494 e. The Balaban J connectivity index is 1.59. The highest BCUT2D eigenvalue weighted by molar-refractivity contribution is 5.47. The standard InChI is InChI=1S/C32H50N4O2/c1-6-13-31(38-25(2)3)30(34-28-15-8-7-9-16-28)20-23-36(24-26(4)37-5)22-11-10-17-29-19-18-27-14-12-21-33-32(27)35-29/h7-9,13,15-16,18-19,25-26,30,34H,6,10-12,14,17,20-24H2,1-5H3,(H,33,35)/b31-13+/t26-,30?/m1/s1. The molecule has 0 fully saturated rings. The molecule has 0 spiro atoms. The van der Waals surface area contributed by atoms with Crippen molar-refractivity contribution in [3.05, 3.63) is 65.6 Å². The van der Waals surface area contributed by atoms with E-state index in [1.54, 1.807) is 7.11 Å². The van der Waals surface area contributed by atoms with Gasteiger partial charge in [0.25, 0.3) is 0 Å². The van der Waals surface area contributed by atoms with E-state index in [1.807, 2.05) is 0 Å². The Labute approximate surface area is 231 Å². The molecule has 2 aromatic rings. The second kappa shape index (κ2) is 16.4. The van der Waals surface area contributed by atoms with Crippen molar-refractivity contribution in [1.82, 2.24) is 9.88 Å². The van der Waals surface area contributed by atoms with Crippen molar-refractivity contribution in [3.63, 3.8) is 0 Å². The fourth-order valence-corrected chi connectivity index (χ4v) is 4.96. The normalized spacial score (nSPS) is 15.2. The summed E-state index contributed by atoms with van der Waals surface area (Å²) in [5.41, 5.74) is 3.68. The van der Waals surface area contributed by atoms with E-state index < -0.39 is 0 Å². The first-order chi connectivity index (χ1) is 18.5. The Kier molecular flexibility index (Phi) is 12.9. The van der Waals surface area contributed by atoms with Crippen molar-refractivity contribution in [2.75, 3.05) is 43.9 Å². The number of para-hydroxylation sites is 1. The lowest BCUT2D eigenvalue weighted by Gasteiger charge is -2.30. The van der Waals surface area contributed by atoms with E-state index in [0.29, 0.717) is 0 Å². The van der Waals surface area contributed by atoms with Crippen molar-refractivity contribution in [2.45, 2.75) is 90.9 Å². The molecule has 0 saturated heterocycles. The molecular weight excluding hydrogens is 472 g/mol. The van der Waals surface area contributed by atoms with Gasteiger partial charge in [-0.05, 0) is 102 Å². The zero-order valence-electron chi connectivity index (χ0n) is 24.3. The van der Waals surface area contributed by atoms with E-state index in [9.17, 15) is 0 Å². The van der Waals surface area contributed by atoms with Crippen LogP contribution in [0, 0.1) is 0 Å². The Bertz CT molecular complexity index is 963. The number of aryl methyl sites for hydroxylation is 2. The third kappa shape index (κ3) is 10.3. The maximum atomic E-state index is 6.29. The molecule has 38 heavy (non-hydrogen) atoms. The first-order valence-electron chi connectivity index (χ1n) is 14.6. The van der Waals surface area contributed by atoms with Crippen LogP contribution in [0.1, 0.15) is 71.1 Å². The molecule has 2 atom stereocenters. The average Bonchev–Trinajstić information content (AvgIpc) is 2.93. The van der Waals surface area contributed by atoms with E-state index >= 15 is 0 Å². The minimum Gasteiger partial charge on any atom is -0.494 e. The van der Waals surface area contributed by atoms with E-state index in [1.165, 1.54) is 17.7 Å². The van der Waals surface area contributed by atoms with Crippen molar-refractivity contribution < 1.29 is 9.47 Å². The smallest absolute Gasteiger partial charge is 0.129 e. The lowest BCUT2D eigenvalue weighted by molar-refractivity contribution is 0.0740. The number of fused-ring (bicyclic) bond motifs is 1. The molecule has 0 aliphatic carbocycles. The molecule has 1 aliphatic rings. The number of methoxy groups -OCH3 is 1. The topological polar surface area (TPSA) is 58.7 Å². The summed E-state index contributed by atoms with van der Waals surface area (Å²) in [6.07, 6.45) is 10.1. The molecule has 210 valence electrons. The number of hydrogen-bond acceptors (Lipinski definition) is 6. The van der Waals surface area contributed by atoms with Gasteiger partial charge in [-0.2, -0.15) is 0 Å². The van der Waals surface area contributed by atoms with Crippen LogP contribution in [0.4, 0.5) is 11.5 Å². The second-order valence-corrected chi connectivity index (χ2v) is 10.7. The molecule has 0 saturated carbocycles. The third-order valence-corrected chi connectivity index (χ3v) is 7.00. The molecule has 1 aliphatic heterocycles. The van der Waals surface area contributed by atoms with E-state index in [4.69, 9.17) is 14.5 Å². The van der Waals surface area contributed by atoms with Gasteiger partial charge < -0.3 is 25.0 Å².